The number of rotatable bonds is 6. The van der Waals surface area contributed by atoms with Crippen molar-refractivity contribution in [2.75, 3.05) is 13.7 Å². The lowest BCUT2D eigenvalue weighted by atomic mass is 10.2. The average molecular weight is 279 g/mol. The van der Waals surface area contributed by atoms with Crippen molar-refractivity contribution in [3.63, 3.8) is 0 Å². The zero-order chi connectivity index (χ0) is 13.7. The van der Waals surface area contributed by atoms with Gasteiger partial charge in [0.1, 0.15) is 0 Å². The van der Waals surface area contributed by atoms with Crippen LogP contribution in [0.1, 0.15) is 16.3 Å². The van der Waals surface area contributed by atoms with Gasteiger partial charge in [-0.3, -0.25) is 0 Å². The molecular weight excluding hydrogens is 262 g/mol. The second kappa shape index (κ2) is 6.54. The predicted octanol–water partition coefficient (Wildman–Crippen LogP) is 2.57. The fourth-order valence-electron chi connectivity index (χ4n) is 1.68. The van der Waals surface area contributed by atoms with Crippen molar-refractivity contribution in [2.45, 2.75) is 20.0 Å². The molecule has 0 saturated heterocycles. The molecule has 0 spiro atoms. The Morgan fingerprint density at radius 1 is 1.32 bits per heavy atom. The number of hydrogen-bond donors (Lipinski definition) is 1. The van der Waals surface area contributed by atoms with Crippen LogP contribution in [-0.4, -0.2) is 23.8 Å². The number of aromatic nitrogens is 1. The molecule has 0 saturated carbocycles. The van der Waals surface area contributed by atoms with Gasteiger partial charge in [-0.05, 0) is 24.6 Å². The fourth-order valence-corrected chi connectivity index (χ4v) is 2.45. The van der Waals surface area contributed by atoms with Crippen LogP contribution in [0.5, 0.6) is 11.5 Å². The van der Waals surface area contributed by atoms with Crippen LogP contribution in [-0.2, 0) is 13.0 Å². The molecule has 1 aromatic heterocycles. The average Bonchev–Trinajstić information content (AvgIpc) is 2.88. The van der Waals surface area contributed by atoms with E-state index in [1.165, 1.54) is 11.3 Å². The van der Waals surface area contributed by atoms with E-state index in [-0.39, 0.29) is 6.61 Å². The standard InChI is InChI=1S/C14H17NO3S/c1-10-3-4-12(13(7-10)17-2)18-6-5-14-15-11(8-16)9-19-14/h3-4,7,9,16H,5-6,8H2,1-2H3. The maximum absolute atomic E-state index is 8.95. The molecule has 2 rings (SSSR count). The largest absolute Gasteiger partial charge is 0.493 e. The Hall–Kier alpha value is -1.59. The Morgan fingerprint density at radius 3 is 2.84 bits per heavy atom. The molecule has 1 aromatic carbocycles. The second-order valence-corrected chi connectivity index (χ2v) is 5.09. The number of benzene rings is 1. The number of hydrogen-bond acceptors (Lipinski definition) is 5. The molecule has 0 aliphatic rings. The Bertz CT molecular complexity index is 539. The quantitative estimate of drug-likeness (QED) is 0.883. The summed E-state index contributed by atoms with van der Waals surface area (Å²) in [6, 6.07) is 5.85. The third-order valence-corrected chi connectivity index (χ3v) is 3.61. The van der Waals surface area contributed by atoms with Gasteiger partial charge in [0, 0.05) is 11.8 Å². The van der Waals surface area contributed by atoms with Gasteiger partial charge < -0.3 is 14.6 Å². The molecule has 5 heteroatoms. The van der Waals surface area contributed by atoms with Gasteiger partial charge >= 0.3 is 0 Å². The van der Waals surface area contributed by atoms with Crippen LogP contribution < -0.4 is 9.47 Å². The summed E-state index contributed by atoms with van der Waals surface area (Å²) in [6.07, 6.45) is 0.724. The lowest BCUT2D eigenvalue weighted by Gasteiger charge is -2.10. The molecule has 4 nitrogen and oxygen atoms in total. The van der Waals surface area contributed by atoms with Crippen LogP contribution in [0.15, 0.2) is 23.6 Å². The van der Waals surface area contributed by atoms with Gasteiger partial charge in [-0.25, -0.2) is 4.98 Å². The summed E-state index contributed by atoms with van der Waals surface area (Å²) in [5, 5.41) is 11.8. The molecule has 0 amide bonds. The van der Waals surface area contributed by atoms with Crippen molar-refractivity contribution >= 4 is 11.3 Å². The molecule has 0 radical (unpaired) electrons. The SMILES string of the molecule is COc1cc(C)ccc1OCCc1nc(CO)cs1. The molecule has 102 valence electrons. The van der Waals surface area contributed by atoms with Gasteiger partial charge in [-0.1, -0.05) is 6.07 Å². The molecule has 0 bridgehead atoms. The highest BCUT2D eigenvalue weighted by Crippen LogP contribution is 2.27. The van der Waals surface area contributed by atoms with E-state index >= 15 is 0 Å². The highest BCUT2D eigenvalue weighted by Gasteiger charge is 2.06. The molecule has 0 unspecified atom stereocenters. The van der Waals surface area contributed by atoms with Gasteiger partial charge in [0.25, 0.3) is 0 Å². The summed E-state index contributed by atoms with van der Waals surface area (Å²) >= 11 is 1.54. The molecule has 0 fully saturated rings. The third kappa shape index (κ3) is 3.68. The van der Waals surface area contributed by atoms with E-state index in [2.05, 4.69) is 4.98 Å². The number of methoxy groups -OCH3 is 1. The molecule has 1 N–H and O–H groups in total. The maximum atomic E-state index is 8.95. The Morgan fingerprint density at radius 2 is 2.16 bits per heavy atom. The van der Waals surface area contributed by atoms with Crippen molar-refractivity contribution in [1.82, 2.24) is 4.98 Å². The number of aliphatic hydroxyl groups is 1. The summed E-state index contributed by atoms with van der Waals surface area (Å²) in [5.74, 6) is 1.49. The molecule has 0 aliphatic heterocycles. The summed E-state index contributed by atoms with van der Waals surface area (Å²) in [6.45, 7) is 2.54. The van der Waals surface area contributed by atoms with Crippen LogP contribution >= 0.6 is 11.3 Å². The highest BCUT2D eigenvalue weighted by molar-refractivity contribution is 7.09. The van der Waals surface area contributed by atoms with E-state index < -0.39 is 0 Å². The Kier molecular flexibility index (Phi) is 4.76. The van der Waals surface area contributed by atoms with Gasteiger partial charge in [0.15, 0.2) is 11.5 Å². The minimum absolute atomic E-state index is 0.0108. The molecule has 1 heterocycles. The van der Waals surface area contributed by atoms with Crippen LogP contribution in [0, 0.1) is 6.92 Å². The molecule has 2 aromatic rings. The minimum Gasteiger partial charge on any atom is -0.493 e. The topological polar surface area (TPSA) is 51.6 Å². The highest BCUT2D eigenvalue weighted by atomic mass is 32.1. The Labute approximate surface area is 116 Å². The van der Waals surface area contributed by atoms with E-state index in [1.54, 1.807) is 7.11 Å². The van der Waals surface area contributed by atoms with E-state index in [0.717, 1.165) is 28.5 Å². The van der Waals surface area contributed by atoms with E-state index in [1.807, 2.05) is 30.5 Å². The zero-order valence-electron chi connectivity index (χ0n) is 11.0. The van der Waals surface area contributed by atoms with Crippen molar-refractivity contribution in [1.29, 1.82) is 0 Å². The summed E-state index contributed by atoms with van der Waals surface area (Å²) in [4.78, 5) is 4.27. The first kappa shape index (κ1) is 13.8. The number of ether oxygens (including phenoxy) is 2. The Balaban J connectivity index is 1.92. The predicted molar refractivity (Wildman–Crippen MR) is 75.0 cm³/mol. The zero-order valence-corrected chi connectivity index (χ0v) is 11.9. The molecule has 19 heavy (non-hydrogen) atoms. The van der Waals surface area contributed by atoms with Crippen molar-refractivity contribution in [2.24, 2.45) is 0 Å². The lowest BCUT2D eigenvalue weighted by molar-refractivity contribution is 0.276. The first-order valence-corrected chi connectivity index (χ1v) is 6.92. The summed E-state index contributed by atoms with van der Waals surface area (Å²) in [5.41, 5.74) is 1.85. The normalized spacial score (nSPS) is 10.5. The number of thiazole rings is 1. The number of nitrogens with zero attached hydrogens (tertiary/aromatic N) is 1. The van der Waals surface area contributed by atoms with Crippen LogP contribution in [0.25, 0.3) is 0 Å². The molecule has 0 aliphatic carbocycles. The molecule has 0 atom stereocenters. The van der Waals surface area contributed by atoms with Gasteiger partial charge in [0.2, 0.25) is 0 Å². The maximum Gasteiger partial charge on any atom is 0.161 e. The van der Waals surface area contributed by atoms with Gasteiger partial charge in [0.05, 0.1) is 31.0 Å². The van der Waals surface area contributed by atoms with Crippen LogP contribution in [0.4, 0.5) is 0 Å². The number of aliphatic hydroxyl groups excluding tert-OH is 1. The van der Waals surface area contributed by atoms with Crippen LogP contribution in [0.2, 0.25) is 0 Å². The fraction of sp³-hybridized carbons (Fsp3) is 0.357. The summed E-state index contributed by atoms with van der Waals surface area (Å²) < 4.78 is 11.0. The van der Waals surface area contributed by atoms with E-state index in [4.69, 9.17) is 14.6 Å². The first-order valence-electron chi connectivity index (χ1n) is 6.04. The van der Waals surface area contributed by atoms with Crippen molar-refractivity contribution in [3.05, 3.63) is 39.8 Å². The monoisotopic (exact) mass is 279 g/mol. The summed E-state index contributed by atoms with van der Waals surface area (Å²) in [7, 11) is 1.63. The van der Waals surface area contributed by atoms with E-state index in [9.17, 15) is 0 Å². The van der Waals surface area contributed by atoms with Crippen molar-refractivity contribution < 1.29 is 14.6 Å². The first-order chi connectivity index (χ1) is 9.22. The van der Waals surface area contributed by atoms with Gasteiger partial charge in [-0.2, -0.15) is 0 Å². The lowest BCUT2D eigenvalue weighted by Crippen LogP contribution is -2.02. The minimum atomic E-state index is -0.0108. The number of aryl methyl sites for hydroxylation is 1. The van der Waals surface area contributed by atoms with E-state index in [0.29, 0.717) is 12.3 Å². The smallest absolute Gasteiger partial charge is 0.161 e. The second-order valence-electron chi connectivity index (χ2n) is 4.14. The van der Waals surface area contributed by atoms with Gasteiger partial charge in [-0.15, -0.1) is 11.3 Å². The van der Waals surface area contributed by atoms with Crippen molar-refractivity contribution in [3.8, 4) is 11.5 Å². The third-order valence-electron chi connectivity index (χ3n) is 2.65. The molecular formula is C14H17NO3S. The van der Waals surface area contributed by atoms with Crippen LogP contribution in [0.3, 0.4) is 0 Å².